The Kier molecular flexibility index (Phi) is 4.16. The van der Waals surface area contributed by atoms with Crippen molar-refractivity contribution in [3.05, 3.63) is 60.2 Å². The van der Waals surface area contributed by atoms with Gasteiger partial charge >= 0.3 is 0 Å². The molecule has 0 aliphatic heterocycles. The van der Waals surface area contributed by atoms with E-state index in [0.717, 1.165) is 6.42 Å². The third-order valence-electron chi connectivity index (χ3n) is 3.27. The summed E-state index contributed by atoms with van der Waals surface area (Å²) in [5.74, 6) is 0.362. The van der Waals surface area contributed by atoms with E-state index in [9.17, 15) is 5.11 Å². The summed E-state index contributed by atoms with van der Waals surface area (Å²) >= 11 is 0. The highest BCUT2D eigenvalue weighted by Crippen LogP contribution is 2.31. The Hall–Kier alpha value is -1.60. The molecule has 0 saturated carbocycles. The van der Waals surface area contributed by atoms with Crippen molar-refractivity contribution in [2.45, 2.75) is 32.3 Å². The second-order valence-corrected chi connectivity index (χ2v) is 4.94. The van der Waals surface area contributed by atoms with E-state index < -0.39 is 0 Å². The Bertz CT molecular complexity index is 488. The van der Waals surface area contributed by atoms with Gasteiger partial charge in [-0.05, 0) is 36.0 Å². The molecule has 2 unspecified atom stereocenters. The first kappa shape index (κ1) is 12.8. The molecule has 0 aliphatic carbocycles. The molecule has 1 N–H and O–H groups in total. The van der Waals surface area contributed by atoms with Crippen molar-refractivity contribution in [2.75, 3.05) is 0 Å². The van der Waals surface area contributed by atoms with Crippen LogP contribution >= 0.6 is 0 Å². The number of rotatable bonds is 4. The zero-order valence-electron chi connectivity index (χ0n) is 11.0. The third-order valence-corrected chi connectivity index (χ3v) is 3.27. The molecule has 0 bridgehead atoms. The SMILES string of the molecule is CC(O)CC(C)c1ccccc1-c1ccccc1. The smallest absolute Gasteiger partial charge is 0.0517 e. The average molecular weight is 240 g/mol. The molecule has 2 aromatic carbocycles. The maximum absolute atomic E-state index is 9.55. The van der Waals surface area contributed by atoms with Crippen LogP contribution in [0, 0.1) is 0 Å². The predicted molar refractivity (Wildman–Crippen MR) is 76.6 cm³/mol. The molecule has 1 heteroatoms. The van der Waals surface area contributed by atoms with Gasteiger partial charge in [-0.3, -0.25) is 0 Å². The number of hydrogen-bond donors (Lipinski definition) is 1. The van der Waals surface area contributed by atoms with Gasteiger partial charge in [0.05, 0.1) is 6.10 Å². The number of aliphatic hydroxyl groups is 1. The Morgan fingerprint density at radius 2 is 1.50 bits per heavy atom. The lowest BCUT2D eigenvalue weighted by Gasteiger charge is -2.18. The van der Waals surface area contributed by atoms with Gasteiger partial charge in [0.1, 0.15) is 0 Å². The first-order chi connectivity index (χ1) is 8.68. The minimum absolute atomic E-state index is 0.260. The Morgan fingerprint density at radius 3 is 2.17 bits per heavy atom. The summed E-state index contributed by atoms with van der Waals surface area (Å²) in [6.07, 6.45) is 0.535. The first-order valence-electron chi connectivity index (χ1n) is 6.51. The topological polar surface area (TPSA) is 20.2 Å². The van der Waals surface area contributed by atoms with Crippen molar-refractivity contribution in [1.29, 1.82) is 0 Å². The normalized spacial score (nSPS) is 14.2. The summed E-state index contributed by atoms with van der Waals surface area (Å²) in [5, 5.41) is 9.55. The van der Waals surface area contributed by atoms with Crippen LogP contribution in [0.15, 0.2) is 54.6 Å². The van der Waals surface area contributed by atoms with Crippen LogP contribution < -0.4 is 0 Å². The van der Waals surface area contributed by atoms with E-state index >= 15 is 0 Å². The molecular formula is C17H20O. The van der Waals surface area contributed by atoms with Crippen LogP contribution in [0.1, 0.15) is 31.7 Å². The van der Waals surface area contributed by atoms with Gasteiger partial charge in [-0.1, -0.05) is 61.5 Å². The van der Waals surface area contributed by atoms with Crippen molar-refractivity contribution in [1.82, 2.24) is 0 Å². The van der Waals surface area contributed by atoms with Crippen molar-refractivity contribution in [3.8, 4) is 11.1 Å². The van der Waals surface area contributed by atoms with Gasteiger partial charge in [-0.15, -0.1) is 0 Å². The molecule has 2 aromatic rings. The van der Waals surface area contributed by atoms with Crippen LogP contribution in [-0.2, 0) is 0 Å². The summed E-state index contributed by atoms with van der Waals surface area (Å²) in [6, 6.07) is 18.9. The molecule has 2 rings (SSSR count). The van der Waals surface area contributed by atoms with Crippen LogP contribution in [0.3, 0.4) is 0 Å². The molecule has 18 heavy (non-hydrogen) atoms. The minimum atomic E-state index is -0.260. The Balaban J connectivity index is 2.37. The molecule has 0 aromatic heterocycles. The zero-order chi connectivity index (χ0) is 13.0. The van der Waals surface area contributed by atoms with Gasteiger partial charge in [0.25, 0.3) is 0 Å². The lowest BCUT2D eigenvalue weighted by molar-refractivity contribution is 0.176. The van der Waals surface area contributed by atoms with Crippen LogP contribution in [-0.4, -0.2) is 11.2 Å². The first-order valence-corrected chi connectivity index (χ1v) is 6.51. The van der Waals surface area contributed by atoms with Gasteiger partial charge in [0.15, 0.2) is 0 Å². The van der Waals surface area contributed by atoms with E-state index in [2.05, 4.69) is 55.5 Å². The summed E-state index contributed by atoms with van der Waals surface area (Å²) in [6.45, 7) is 4.02. The van der Waals surface area contributed by atoms with Crippen LogP contribution in [0.2, 0.25) is 0 Å². The molecule has 0 fully saturated rings. The molecule has 2 atom stereocenters. The lowest BCUT2D eigenvalue weighted by Crippen LogP contribution is -2.06. The standard InChI is InChI=1S/C17H20O/c1-13(12-14(2)18)16-10-6-7-11-17(16)15-8-4-3-5-9-15/h3-11,13-14,18H,12H2,1-2H3. The molecule has 1 nitrogen and oxygen atoms in total. The van der Waals surface area contributed by atoms with Crippen molar-refractivity contribution >= 4 is 0 Å². The molecule has 0 amide bonds. The molecule has 0 saturated heterocycles. The molecule has 94 valence electrons. The second-order valence-electron chi connectivity index (χ2n) is 4.94. The van der Waals surface area contributed by atoms with E-state index in [1.54, 1.807) is 0 Å². The largest absolute Gasteiger partial charge is 0.393 e. The molecule has 0 aliphatic rings. The number of aliphatic hydroxyl groups excluding tert-OH is 1. The number of hydrogen-bond acceptors (Lipinski definition) is 1. The third kappa shape index (κ3) is 2.99. The van der Waals surface area contributed by atoms with Crippen LogP contribution in [0.4, 0.5) is 0 Å². The fourth-order valence-electron chi connectivity index (χ4n) is 2.45. The summed E-state index contributed by atoms with van der Waals surface area (Å²) in [4.78, 5) is 0. The maximum atomic E-state index is 9.55. The minimum Gasteiger partial charge on any atom is -0.393 e. The molecular weight excluding hydrogens is 220 g/mol. The van der Waals surface area contributed by atoms with Crippen molar-refractivity contribution in [2.24, 2.45) is 0 Å². The fourth-order valence-corrected chi connectivity index (χ4v) is 2.45. The summed E-state index contributed by atoms with van der Waals surface area (Å²) in [7, 11) is 0. The van der Waals surface area contributed by atoms with Gasteiger partial charge in [-0.25, -0.2) is 0 Å². The van der Waals surface area contributed by atoms with Gasteiger partial charge in [-0.2, -0.15) is 0 Å². The maximum Gasteiger partial charge on any atom is 0.0517 e. The van der Waals surface area contributed by atoms with Gasteiger partial charge in [0, 0.05) is 0 Å². The average Bonchev–Trinajstić information content (AvgIpc) is 2.39. The van der Waals surface area contributed by atoms with E-state index in [1.807, 2.05) is 13.0 Å². The van der Waals surface area contributed by atoms with E-state index in [1.165, 1.54) is 16.7 Å². The highest BCUT2D eigenvalue weighted by atomic mass is 16.3. The van der Waals surface area contributed by atoms with Crippen LogP contribution in [0.5, 0.6) is 0 Å². The quantitative estimate of drug-likeness (QED) is 0.848. The zero-order valence-corrected chi connectivity index (χ0v) is 11.0. The lowest BCUT2D eigenvalue weighted by atomic mass is 9.88. The second kappa shape index (κ2) is 5.83. The molecule has 0 radical (unpaired) electrons. The Labute approximate surface area is 109 Å². The number of benzene rings is 2. The van der Waals surface area contributed by atoms with E-state index in [0.29, 0.717) is 5.92 Å². The predicted octanol–water partition coefficient (Wildman–Crippen LogP) is 4.23. The van der Waals surface area contributed by atoms with E-state index in [-0.39, 0.29) is 6.10 Å². The van der Waals surface area contributed by atoms with Crippen LogP contribution in [0.25, 0.3) is 11.1 Å². The van der Waals surface area contributed by atoms with Gasteiger partial charge < -0.3 is 5.11 Å². The monoisotopic (exact) mass is 240 g/mol. The highest BCUT2D eigenvalue weighted by Gasteiger charge is 2.13. The molecule has 0 spiro atoms. The highest BCUT2D eigenvalue weighted by molar-refractivity contribution is 5.67. The fraction of sp³-hybridized carbons (Fsp3) is 0.294. The van der Waals surface area contributed by atoms with Gasteiger partial charge in [0.2, 0.25) is 0 Å². The Morgan fingerprint density at radius 1 is 0.889 bits per heavy atom. The molecule has 0 heterocycles. The van der Waals surface area contributed by atoms with Crippen molar-refractivity contribution < 1.29 is 5.11 Å². The van der Waals surface area contributed by atoms with E-state index in [4.69, 9.17) is 0 Å². The summed E-state index contributed by atoms with van der Waals surface area (Å²) in [5.41, 5.74) is 3.82. The summed E-state index contributed by atoms with van der Waals surface area (Å²) < 4.78 is 0. The van der Waals surface area contributed by atoms with Crippen molar-refractivity contribution in [3.63, 3.8) is 0 Å².